The molecule has 43 heavy (non-hydrogen) atoms. The first-order chi connectivity index (χ1) is 21.0. The highest BCUT2D eigenvalue weighted by molar-refractivity contribution is 7.86. The van der Waals surface area contributed by atoms with Crippen LogP contribution in [0.5, 0.6) is 0 Å². The first kappa shape index (κ1) is 27.0. The van der Waals surface area contributed by atoms with Crippen LogP contribution in [0.4, 0.5) is 11.4 Å². The van der Waals surface area contributed by atoms with E-state index in [4.69, 9.17) is 0 Å². The van der Waals surface area contributed by atoms with Gasteiger partial charge in [-0.25, -0.2) is 8.42 Å². The van der Waals surface area contributed by atoms with E-state index in [9.17, 15) is 13.0 Å². The van der Waals surface area contributed by atoms with Gasteiger partial charge in [0.25, 0.3) is 0 Å². The molecule has 0 aromatic heterocycles. The number of benzene rings is 6. The second-order valence-electron chi connectivity index (χ2n) is 10.8. The van der Waals surface area contributed by atoms with E-state index in [1.54, 1.807) is 18.2 Å². The molecular formula is C37H29N2O3S-. The normalized spacial score (nSPS) is 17.0. The molecule has 2 atom stereocenters. The van der Waals surface area contributed by atoms with Crippen LogP contribution in [0.3, 0.4) is 0 Å². The Morgan fingerprint density at radius 2 is 1.09 bits per heavy atom. The lowest BCUT2D eigenvalue weighted by molar-refractivity contribution is 0.462. The van der Waals surface area contributed by atoms with Gasteiger partial charge in [0, 0.05) is 10.9 Å². The van der Waals surface area contributed by atoms with Gasteiger partial charge in [-0.2, -0.15) is 0 Å². The van der Waals surface area contributed by atoms with Crippen molar-refractivity contribution in [2.75, 3.05) is 16.5 Å². The molecule has 6 aromatic carbocycles. The van der Waals surface area contributed by atoms with E-state index in [0.29, 0.717) is 12.4 Å². The molecule has 1 saturated heterocycles. The summed E-state index contributed by atoms with van der Waals surface area (Å²) >= 11 is 0. The fourth-order valence-corrected chi connectivity index (χ4v) is 7.15. The molecule has 0 aliphatic carbocycles. The van der Waals surface area contributed by atoms with Gasteiger partial charge in [-0.1, -0.05) is 140 Å². The van der Waals surface area contributed by atoms with E-state index in [1.807, 2.05) is 60.7 Å². The Kier molecular flexibility index (Phi) is 6.93. The van der Waals surface area contributed by atoms with E-state index >= 15 is 0 Å². The van der Waals surface area contributed by atoms with E-state index < -0.39 is 10.1 Å². The predicted molar refractivity (Wildman–Crippen MR) is 172 cm³/mol. The van der Waals surface area contributed by atoms with E-state index in [-0.39, 0.29) is 17.0 Å². The van der Waals surface area contributed by atoms with Crippen molar-refractivity contribution in [2.24, 2.45) is 0 Å². The first-order valence-electron chi connectivity index (χ1n) is 14.3. The van der Waals surface area contributed by atoms with Gasteiger partial charge in [0.2, 0.25) is 0 Å². The van der Waals surface area contributed by atoms with Crippen molar-refractivity contribution in [1.29, 1.82) is 0 Å². The summed E-state index contributed by atoms with van der Waals surface area (Å²) in [7, 11) is -4.74. The molecule has 1 fully saturated rings. The van der Waals surface area contributed by atoms with Gasteiger partial charge in [-0.05, 0) is 34.2 Å². The molecule has 1 aliphatic rings. The van der Waals surface area contributed by atoms with Crippen molar-refractivity contribution < 1.29 is 13.0 Å². The lowest BCUT2D eigenvalue weighted by atomic mass is 9.91. The van der Waals surface area contributed by atoms with Crippen LogP contribution < -0.4 is 9.80 Å². The van der Waals surface area contributed by atoms with Gasteiger partial charge in [0.05, 0.1) is 35.0 Å². The molecule has 0 N–H and O–H groups in total. The maximum Gasteiger partial charge on any atom is 0.126 e. The van der Waals surface area contributed by atoms with Gasteiger partial charge in [-0.3, -0.25) is 0 Å². The third kappa shape index (κ3) is 4.95. The topological polar surface area (TPSA) is 63.7 Å². The fourth-order valence-electron chi connectivity index (χ4n) is 6.46. The highest BCUT2D eigenvalue weighted by Gasteiger charge is 2.44. The molecule has 0 amide bonds. The van der Waals surface area contributed by atoms with Gasteiger partial charge in [0.1, 0.15) is 10.1 Å². The zero-order valence-corrected chi connectivity index (χ0v) is 24.1. The Morgan fingerprint density at radius 1 is 0.558 bits per heavy atom. The molecule has 7 rings (SSSR count). The second kappa shape index (κ2) is 11.1. The van der Waals surface area contributed by atoms with Crippen LogP contribution >= 0.6 is 0 Å². The Balaban J connectivity index is 1.55. The molecule has 212 valence electrons. The molecule has 1 aliphatic heterocycles. The van der Waals surface area contributed by atoms with Crippen LogP contribution in [0, 0.1) is 0 Å². The zero-order valence-electron chi connectivity index (χ0n) is 23.3. The molecule has 0 spiro atoms. The molecule has 6 heteroatoms. The second-order valence-corrected chi connectivity index (χ2v) is 12.1. The fraction of sp³-hybridized carbons (Fsp3) is 0.0811. The van der Waals surface area contributed by atoms with Crippen molar-refractivity contribution in [3.05, 3.63) is 163 Å². The van der Waals surface area contributed by atoms with Crippen molar-refractivity contribution >= 4 is 32.3 Å². The summed E-state index contributed by atoms with van der Waals surface area (Å²) in [5.74, 6) is 0. The number of fused-ring (bicyclic) bond motifs is 1. The number of nitrogens with zero attached hydrogens (tertiary/aromatic N) is 2. The Hall–Kier alpha value is -4.91. The van der Waals surface area contributed by atoms with Crippen LogP contribution in [-0.4, -0.2) is 19.6 Å². The predicted octanol–water partition coefficient (Wildman–Crippen LogP) is 8.18. The molecule has 0 saturated carbocycles. The summed E-state index contributed by atoms with van der Waals surface area (Å²) in [5, 5.41) is 2.21. The molecule has 0 bridgehead atoms. The number of anilines is 2. The monoisotopic (exact) mass is 581 g/mol. The Morgan fingerprint density at radius 3 is 1.74 bits per heavy atom. The summed E-state index contributed by atoms with van der Waals surface area (Å²) in [6, 6.07) is 49.5. The van der Waals surface area contributed by atoms with Crippen LogP contribution in [0.15, 0.2) is 157 Å². The van der Waals surface area contributed by atoms with Crippen LogP contribution in [0.2, 0.25) is 0 Å². The minimum absolute atomic E-state index is 0.209. The van der Waals surface area contributed by atoms with Crippen LogP contribution in [-0.2, 0) is 10.1 Å². The minimum Gasteiger partial charge on any atom is -0.744 e. The van der Waals surface area contributed by atoms with Crippen LogP contribution in [0.25, 0.3) is 21.9 Å². The average molecular weight is 582 g/mol. The van der Waals surface area contributed by atoms with Gasteiger partial charge < -0.3 is 14.4 Å². The van der Waals surface area contributed by atoms with E-state index in [0.717, 1.165) is 38.7 Å². The first-order valence-corrected chi connectivity index (χ1v) is 15.7. The van der Waals surface area contributed by atoms with E-state index in [1.165, 1.54) is 6.07 Å². The lowest BCUT2D eigenvalue weighted by Gasteiger charge is -2.32. The quantitative estimate of drug-likeness (QED) is 0.186. The number of hydrogen-bond donors (Lipinski definition) is 0. The van der Waals surface area contributed by atoms with Crippen molar-refractivity contribution in [3.8, 4) is 11.1 Å². The molecule has 2 unspecified atom stereocenters. The Bertz CT molecular complexity index is 2000. The summed E-state index contributed by atoms with van der Waals surface area (Å²) in [6.45, 7) is 0.361. The molecule has 1 heterocycles. The third-order valence-corrected chi connectivity index (χ3v) is 9.16. The SMILES string of the molecule is O=S(=O)([O-])c1ccccc1N1CN(c2c(-c3ccccc3)ccc3ccccc23)C(c2ccccc2)C1c1ccccc1. The summed E-state index contributed by atoms with van der Waals surface area (Å²) in [4.78, 5) is 4.24. The molecule has 5 nitrogen and oxygen atoms in total. The smallest absolute Gasteiger partial charge is 0.126 e. The van der Waals surface area contributed by atoms with Gasteiger partial charge >= 0.3 is 0 Å². The zero-order chi connectivity index (χ0) is 29.4. The number of rotatable bonds is 6. The van der Waals surface area contributed by atoms with Crippen molar-refractivity contribution in [3.63, 3.8) is 0 Å². The number of hydrogen-bond acceptors (Lipinski definition) is 5. The van der Waals surface area contributed by atoms with Crippen LogP contribution in [0.1, 0.15) is 23.2 Å². The maximum absolute atomic E-state index is 12.6. The average Bonchev–Trinajstić information content (AvgIpc) is 3.45. The third-order valence-electron chi connectivity index (χ3n) is 8.27. The minimum atomic E-state index is -4.74. The summed E-state index contributed by atoms with van der Waals surface area (Å²) < 4.78 is 37.7. The van der Waals surface area contributed by atoms with Crippen molar-refractivity contribution in [2.45, 2.75) is 17.0 Å². The highest BCUT2D eigenvalue weighted by Crippen LogP contribution is 2.52. The summed E-state index contributed by atoms with van der Waals surface area (Å²) in [5.41, 5.74) is 5.75. The Labute approximate surface area is 252 Å². The van der Waals surface area contributed by atoms with Gasteiger partial charge in [-0.15, -0.1) is 0 Å². The standard InChI is InChI=1S/C37H30N2O3S/c40-43(41,42)34-23-13-12-22-33(34)38-26-39(36(30-19-8-3-9-20-30)35(38)29-17-6-2-7-18-29)37-31-21-11-10-16-28(31)24-25-32(37)27-14-4-1-5-15-27/h1-25,35-36H,26H2,(H,40,41,42)/p-1. The lowest BCUT2D eigenvalue weighted by Crippen LogP contribution is -2.28. The number of para-hydroxylation sites is 1. The van der Waals surface area contributed by atoms with E-state index in [2.05, 4.69) is 76.5 Å². The molecule has 0 radical (unpaired) electrons. The molecular weight excluding hydrogens is 552 g/mol. The molecule has 6 aromatic rings. The highest BCUT2D eigenvalue weighted by atomic mass is 32.2. The van der Waals surface area contributed by atoms with Gasteiger partial charge in [0.15, 0.2) is 0 Å². The maximum atomic E-state index is 12.6. The van der Waals surface area contributed by atoms with Crippen molar-refractivity contribution in [1.82, 2.24) is 0 Å². The summed E-state index contributed by atoms with van der Waals surface area (Å²) in [6.07, 6.45) is 0. The largest absolute Gasteiger partial charge is 0.744 e.